The average molecular weight is 466 g/mol. The van der Waals surface area contributed by atoms with Gasteiger partial charge in [-0.1, -0.05) is 42.0 Å². The van der Waals surface area contributed by atoms with Crippen molar-refractivity contribution in [2.75, 3.05) is 13.6 Å². The van der Waals surface area contributed by atoms with Crippen LogP contribution in [0.15, 0.2) is 53.5 Å². The zero-order valence-electron chi connectivity index (χ0n) is 15.5. The molecule has 0 saturated heterocycles. The Hall–Kier alpha value is -2.09. The van der Waals surface area contributed by atoms with Gasteiger partial charge in [-0.25, -0.2) is 4.99 Å². The van der Waals surface area contributed by atoms with Crippen molar-refractivity contribution in [1.29, 1.82) is 0 Å². The lowest BCUT2D eigenvalue weighted by Gasteiger charge is -2.12. The first-order valence-electron chi connectivity index (χ1n) is 8.51. The third-order valence-electron chi connectivity index (χ3n) is 3.72. The van der Waals surface area contributed by atoms with Crippen LogP contribution in [-0.4, -0.2) is 25.5 Å². The summed E-state index contributed by atoms with van der Waals surface area (Å²) in [7, 11) is 1.63. The summed E-state index contributed by atoms with van der Waals surface area (Å²) in [6.07, 6.45) is 0. The zero-order chi connectivity index (χ0) is 18.1. The number of rotatable bonds is 6. The number of hydrogen-bond donors (Lipinski definition) is 3. The van der Waals surface area contributed by atoms with Crippen molar-refractivity contribution in [2.24, 2.45) is 4.99 Å². The molecular formula is C20H27IN4O. The van der Waals surface area contributed by atoms with E-state index in [1.165, 1.54) is 11.1 Å². The van der Waals surface area contributed by atoms with Gasteiger partial charge in [0, 0.05) is 25.7 Å². The fourth-order valence-electron chi connectivity index (χ4n) is 2.48. The predicted octanol–water partition coefficient (Wildman–Crippen LogP) is 3.23. The average Bonchev–Trinajstić information content (AvgIpc) is 2.63. The summed E-state index contributed by atoms with van der Waals surface area (Å²) in [4.78, 5) is 16.4. The van der Waals surface area contributed by atoms with Crippen LogP contribution in [0.2, 0.25) is 0 Å². The van der Waals surface area contributed by atoms with Crippen molar-refractivity contribution in [1.82, 2.24) is 16.0 Å². The van der Waals surface area contributed by atoms with E-state index in [-0.39, 0.29) is 29.9 Å². The fourth-order valence-corrected chi connectivity index (χ4v) is 2.48. The Bertz CT molecular complexity index is 746. The highest BCUT2D eigenvalue weighted by molar-refractivity contribution is 14.0. The summed E-state index contributed by atoms with van der Waals surface area (Å²) < 4.78 is 0. The number of amides is 1. The molecule has 0 saturated carbocycles. The van der Waals surface area contributed by atoms with Crippen LogP contribution in [0, 0.1) is 6.92 Å². The Morgan fingerprint density at radius 1 is 1.04 bits per heavy atom. The first-order chi connectivity index (χ1) is 12.1. The second-order valence-corrected chi connectivity index (χ2v) is 5.82. The normalized spacial score (nSPS) is 10.7. The van der Waals surface area contributed by atoms with Gasteiger partial charge in [-0.05, 0) is 37.1 Å². The number of carbonyl (C=O) groups excluding carboxylic acids is 1. The second kappa shape index (κ2) is 11.5. The molecule has 0 fully saturated rings. The Labute approximate surface area is 172 Å². The first kappa shape index (κ1) is 22.0. The standard InChI is InChI=1S/C20H26N4O.HI/c1-4-22-20(23-13-16-8-5-7-15(2)11-16)24-14-17-9-6-10-18(12-17)19(25)21-3;/h5-12H,4,13-14H2,1-3H3,(H,21,25)(H2,22,23,24);1H. The number of hydrogen-bond acceptors (Lipinski definition) is 2. The second-order valence-electron chi connectivity index (χ2n) is 5.82. The Balaban J connectivity index is 0.00000338. The molecule has 0 atom stereocenters. The van der Waals surface area contributed by atoms with E-state index in [9.17, 15) is 4.79 Å². The summed E-state index contributed by atoms with van der Waals surface area (Å²) >= 11 is 0. The van der Waals surface area contributed by atoms with E-state index in [0.29, 0.717) is 18.7 Å². The molecule has 0 aliphatic carbocycles. The number of aliphatic imine (C=N–C) groups is 1. The molecule has 26 heavy (non-hydrogen) atoms. The highest BCUT2D eigenvalue weighted by Crippen LogP contribution is 2.06. The van der Waals surface area contributed by atoms with Gasteiger partial charge < -0.3 is 16.0 Å². The molecule has 2 aromatic rings. The van der Waals surface area contributed by atoms with Gasteiger partial charge in [0.05, 0.1) is 6.54 Å². The van der Waals surface area contributed by atoms with Gasteiger partial charge in [0.25, 0.3) is 5.91 Å². The Morgan fingerprint density at radius 2 is 1.77 bits per heavy atom. The van der Waals surface area contributed by atoms with Crippen LogP contribution in [0.3, 0.4) is 0 Å². The van der Waals surface area contributed by atoms with Crippen LogP contribution in [0.1, 0.15) is 34.0 Å². The van der Waals surface area contributed by atoms with E-state index in [1.807, 2.05) is 31.2 Å². The monoisotopic (exact) mass is 466 g/mol. The van der Waals surface area contributed by atoms with Gasteiger partial charge in [-0.2, -0.15) is 0 Å². The number of halogens is 1. The molecule has 6 heteroatoms. The van der Waals surface area contributed by atoms with Crippen LogP contribution in [0.25, 0.3) is 0 Å². The zero-order valence-corrected chi connectivity index (χ0v) is 17.8. The van der Waals surface area contributed by atoms with E-state index < -0.39 is 0 Å². The minimum absolute atomic E-state index is 0. The lowest BCUT2D eigenvalue weighted by atomic mass is 10.1. The fraction of sp³-hybridized carbons (Fsp3) is 0.300. The summed E-state index contributed by atoms with van der Waals surface area (Å²) in [6.45, 7) is 6.13. The lowest BCUT2D eigenvalue weighted by Crippen LogP contribution is -2.36. The largest absolute Gasteiger partial charge is 0.357 e. The minimum Gasteiger partial charge on any atom is -0.357 e. The van der Waals surface area contributed by atoms with Gasteiger partial charge in [0.15, 0.2) is 5.96 Å². The number of benzene rings is 2. The van der Waals surface area contributed by atoms with Crippen LogP contribution in [-0.2, 0) is 13.1 Å². The van der Waals surface area contributed by atoms with Crippen molar-refractivity contribution >= 4 is 35.8 Å². The molecule has 0 spiro atoms. The van der Waals surface area contributed by atoms with Gasteiger partial charge >= 0.3 is 0 Å². The van der Waals surface area contributed by atoms with Crippen LogP contribution < -0.4 is 16.0 Å². The number of aryl methyl sites for hydroxylation is 1. The van der Waals surface area contributed by atoms with Gasteiger partial charge in [-0.15, -0.1) is 24.0 Å². The maximum Gasteiger partial charge on any atom is 0.251 e. The Kier molecular flexibility index (Phi) is 9.72. The lowest BCUT2D eigenvalue weighted by molar-refractivity contribution is 0.0963. The first-order valence-corrected chi connectivity index (χ1v) is 8.51. The third kappa shape index (κ3) is 7.03. The predicted molar refractivity (Wildman–Crippen MR) is 118 cm³/mol. The number of carbonyl (C=O) groups is 1. The minimum atomic E-state index is -0.0816. The van der Waals surface area contributed by atoms with Gasteiger partial charge in [0.2, 0.25) is 0 Å². The summed E-state index contributed by atoms with van der Waals surface area (Å²) in [5.74, 6) is 0.677. The molecule has 2 rings (SSSR count). The maximum absolute atomic E-state index is 11.7. The quantitative estimate of drug-likeness (QED) is 0.348. The van der Waals surface area contributed by atoms with Crippen LogP contribution in [0.4, 0.5) is 0 Å². The molecule has 140 valence electrons. The van der Waals surface area contributed by atoms with E-state index >= 15 is 0 Å². The van der Waals surface area contributed by atoms with Gasteiger partial charge in [-0.3, -0.25) is 4.79 Å². The van der Waals surface area contributed by atoms with Gasteiger partial charge in [0.1, 0.15) is 0 Å². The summed E-state index contributed by atoms with van der Waals surface area (Å²) in [5, 5.41) is 9.20. The Morgan fingerprint density at radius 3 is 2.46 bits per heavy atom. The third-order valence-corrected chi connectivity index (χ3v) is 3.72. The van der Waals surface area contributed by atoms with Crippen molar-refractivity contribution in [2.45, 2.75) is 26.9 Å². The molecule has 5 nitrogen and oxygen atoms in total. The molecule has 0 bridgehead atoms. The SMILES string of the molecule is CCNC(=NCc1cccc(C)c1)NCc1cccc(C(=O)NC)c1.I. The molecule has 0 aliphatic heterocycles. The summed E-state index contributed by atoms with van der Waals surface area (Å²) in [5.41, 5.74) is 4.10. The van der Waals surface area contributed by atoms with Crippen molar-refractivity contribution < 1.29 is 4.79 Å². The summed E-state index contributed by atoms with van der Waals surface area (Å²) in [6, 6.07) is 15.9. The van der Waals surface area contributed by atoms with E-state index in [0.717, 1.165) is 18.1 Å². The van der Waals surface area contributed by atoms with Crippen molar-refractivity contribution in [3.05, 3.63) is 70.8 Å². The van der Waals surface area contributed by atoms with Crippen molar-refractivity contribution in [3.63, 3.8) is 0 Å². The molecule has 0 radical (unpaired) electrons. The molecule has 3 N–H and O–H groups in total. The smallest absolute Gasteiger partial charge is 0.251 e. The molecule has 0 heterocycles. The molecular weight excluding hydrogens is 439 g/mol. The number of nitrogens with zero attached hydrogens (tertiary/aromatic N) is 1. The maximum atomic E-state index is 11.7. The highest BCUT2D eigenvalue weighted by atomic mass is 127. The molecule has 2 aromatic carbocycles. The molecule has 0 aromatic heterocycles. The molecule has 1 amide bonds. The highest BCUT2D eigenvalue weighted by Gasteiger charge is 2.04. The molecule has 0 unspecified atom stereocenters. The van der Waals surface area contributed by atoms with Crippen LogP contribution in [0.5, 0.6) is 0 Å². The van der Waals surface area contributed by atoms with E-state index in [2.05, 4.69) is 46.1 Å². The van der Waals surface area contributed by atoms with Crippen molar-refractivity contribution in [3.8, 4) is 0 Å². The number of nitrogens with one attached hydrogen (secondary N) is 3. The number of guanidine groups is 1. The van der Waals surface area contributed by atoms with Crippen LogP contribution >= 0.6 is 24.0 Å². The molecule has 0 aliphatic rings. The topological polar surface area (TPSA) is 65.5 Å². The van der Waals surface area contributed by atoms with E-state index in [4.69, 9.17) is 0 Å². The van der Waals surface area contributed by atoms with E-state index in [1.54, 1.807) is 13.1 Å².